The van der Waals surface area contributed by atoms with Gasteiger partial charge < -0.3 is 19.8 Å². The van der Waals surface area contributed by atoms with Crippen LogP contribution in [0, 0.1) is 0 Å². The lowest BCUT2D eigenvalue weighted by atomic mass is 10.2. The SMILES string of the molecule is CCc1nc2cc(OC)c(OC)cc2n1CCCCN. The van der Waals surface area contributed by atoms with Gasteiger partial charge >= 0.3 is 0 Å². The van der Waals surface area contributed by atoms with Crippen molar-refractivity contribution in [1.82, 2.24) is 9.55 Å². The van der Waals surface area contributed by atoms with Crippen LogP contribution in [0.25, 0.3) is 11.0 Å². The summed E-state index contributed by atoms with van der Waals surface area (Å²) >= 11 is 0. The quantitative estimate of drug-likeness (QED) is 0.789. The second-order valence-corrected chi connectivity index (χ2v) is 4.72. The molecule has 110 valence electrons. The van der Waals surface area contributed by atoms with Crippen LogP contribution in [0.5, 0.6) is 11.5 Å². The van der Waals surface area contributed by atoms with Crippen molar-refractivity contribution in [3.05, 3.63) is 18.0 Å². The maximum Gasteiger partial charge on any atom is 0.163 e. The van der Waals surface area contributed by atoms with Crippen molar-refractivity contribution in [2.75, 3.05) is 20.8 Å². The highest BCUT2D eigenvalue weighted by molar-refractivity contribution is 5.80. The van der Waals surface area contributed by atoms with E-state index in [1.54, 1.807) is 14.2 Å². The topological polar surface area (TPSA) is 62.3 Å². The lowest BCUT2D eigenvalue weighted by Gasteiger charge is -2.10. The van der Waals surface area contributed by atoms with Gasteiger partial charge in [-0.3, -0.25) is 0 Å². The Bertz CT molecular complexity index is 578. The zero-order valence-corrected chi connectivity index (χ0v) is 12.5. The minimum Gasteiger partial charge on any atom is -0.493 e. The minimum absolute atomic E-state index is 0.717. The first-order valence-corrected chi connectivity index (χ1v) is 7.06. The fraction of sp³-hybridized carbons (Fsp3) is 0.533. The molecular formula is C15H23N3O2. The summed E-state index contributed by atoms with van der Waals surface area (Å²) in [7, 11) is 3.29. The molecule has 0 atom stereocenters. The monoisotopic (exact) mass is 277 g/mol. The number of nitrogens with zero attached hydrogens (tertiary/aromatic N) is 2. The van der Waals surface area contributed by atoms with Crippen molar-refractivity contribution >= 4 is 11.0 Å². The number of hydrogen-bond donors (Lipinski definition) is 1. The van der Waals surface area contributed by atoms with Crippen LogP contribution in [0.3, 0.4) is 0 Å². The average molecular weight is 277 g/mol. The fourth-order valence-electron chi connectivity index (χ4n) is 2.44. The van der Waals surface area contributed by atoms with Crippen molar-refractivity contribution < 1.29 is 9.47 Å². The predicted octanol–water partition coefficient (Wildman–Crippen LogP) is 2.35. The molecule has 0 saturated heterocycles. The second kappa shape index (κ2) is 6.61. The molecule has 0 aliphatic rings. The Morgan fingerprint density at radius 3 is 2.45 bits per heavy atom. The van der Waals surface area contributed by atoms with Gasteiger partial charge in [0.2, 0.25) is 0 Å². The molecule has 1 aromatic heterocycles. The van der Waals surface area contributed by atoms with E-state index in [1.165, 1.54) is 0 Å². The molecule has 0 amide bonds. The number of nitrogens with two attached hydrogens (primary N) is 1. The van der Waals surface area contributed by atoms with Crippen LogP contribution >= 0.6 is 0 Å². The number of fused-ring (bicyclic) bond motifs is 1. The van der Waals surface area contributed by atoms with E-state index >= 15 is 0 Å². The highest BCUT2D eigenvalue weighted by Gasteiger charge is 2.13. The van der Waals surface area contributed by atoms with Gasteiger partial charge in [-0.05, 0) is 19.4 Å². The number of methoxy groups -OCH3 is 2. The first kappa shape index (κ1) is 14.7. The zero-order chi connectivity index (χ0) is 14.5. The highest BCUT2D eigenvalue weighted by Crippen LogP contribution is 2.32. The number of ether oxygens (including phenoxy) is 2. The molecule has 5 nitrogen and oxygen atoms in total. The Hall–Kier alpha value is -1.75. The maximum absolute atomic E-state index is 5.57. The van der Waals surface area contributed by atoms with Crippen molar-refractivity contribution in [2.24, 2.45) is 5.73 Å². The van der Waals surface area contributed by atoms with E-state index in [9.17, 15) is 0 Å². The fourth-order valence-corrected chi connectivity index (χ4v) is 2.44. The van der Waals surface area contributed by atoms with E-state index < -0.39 is 0 Å². The lowest BCUT2D eigenvalue weighted by Crippen LogP contribution is -2.06. The third-order valence-corrected chi connectivity index (χ3v) is 3.48. The number of rotatable bonds is 7. The van der Waals surface area contributed by atoms with Crippen LogP contribution < -0.4 is 15.2 Å². The summed E-state index contributed by atoms with van der Waals surface area (Å²) in [5, 5.41) is 0. The highest BCUT2D eigenvalue weighted by atomic mass is 16.5. The molecular weight excluding hydrogens is 254 g/mol. The molecule has 0 unspecified atom stereocenters. The summed E-state index contributed by atoms with van der Waals surface area (Å²) in [6.07, 6.45) is 2.99. The maximum atomic E-state index is 5.57. The van der Waals surface area contributed by atoms with Crippen molar-refractivity contribution in [2.45, 2.75) is 32.7 Å². The largest absolute Gasteiger partial charge is 0.493 e. The third kappa shape index (κ3) is 2.72. The van der Waals surface area contributed by atoms with Gasteiger partial charge in [0, 0.05) is 25.1 Å². The van der Waals surface area contributed by atoms with Crippen LogP contribution in [0.4, 0.5) is 0 Å². The second-order valence-electron chi connectivity index (χ2n) is 4.72. The van der Waals surface area contributed by atoms with Gasteiger partial charge in [-0.1, -0.05) is 6.92 Å². The first-order chi connectivity index (χ1) is 9.74. The van der Waals surface area contributed by atoms with Gasteiger partial charge in [0.1, 0.15) is 5.82 Å². The van der Waals surface area contributed by atoms with E-state index in [2.05, 4.69) is 11.5 Å². The molecule has 0 spiro atoms. The molecule has 5 heteroatoms. The smallest absolute Gasteiger partial charge is 0.163 e. The van der Waals surface area contributed by atoms with Crippen LogP contribution in [-0.2, 0) is 13.0 Å². The summed E-state index contributed by atoms with van der Waals surface area (Å²) in [5.74, 6) is 2.55. The predicted molar refractivity (Wildman–Crippen MR) is 80.5 cm³/mol. The molecule has 0 saturated carbocycles. The Kier molecular flexibility index (Phi) is 4.84. The molecule has 0 fully saturated rings. The number of aryl methyl sites for hydroxylation is 2. The molecule has 0 bridgehead atoms. The van der Waals surface area contributed by atoms with Crippen LogP contribution in [0.2, 0.25) is 0 Å². The normalized spacial score (nSPS) is 11.0. The Balaban J connectivity index is 2.47. The molecule has 0 radical (unpaired) electrons. The number of benzene rings is 1. The number of unbranched alkanes of at least 4 members (excludes halogenated alkanes) is 1. The molecule has 0 aliphatic heterocycles. The van der Waals surface area contributed by atoms with Crippen molar-refractivity contribution in [3.8, 4) is 11.5 Å². The summed E-state index contributed by atoms with van der Waals surface area (Å²) in [4.78, 5) is 4.69. The minimum atomic E-state index is 0.717. The molecule has 1 aromatic carbocycles. The summed E-state index contributed by atoms with van der Waals surface area (Å²) in [6.45, 7) is 3.78. The summed E-state index contributed by atoms with van der Waals surface area (Å²) in [5.41, 5.74) is 7.62. The van der Waals surface area contributed by atoms with Gasteiger partial charge in [-0.2, -0.15) is 0 Å². The average Bonchev–Trinajstić information content (AvgIpc) is 2.83. The van der Waals surface area contributed by atoms with Gasteiger partial charge in [-0.15, -0.1) is 0 Å². The van der Waals surface area contributed by atoms with Crippen molar-refractivity contribution in [1.29, 1.82) is 0 Å². The van der Waals surface area contributed by atoms with Crippen LogP contribution in [0.1, 0.15) is 25.6 Å². The zero-order valence-electron chi connectivity index (χ0n) is 12.5. The number of imidazole rings is 1. The van der Waals surface area contributed by atoms with Crippen LogP contribution in [-0.4, -0.2) is 30.3 Å². The summed E-state index contributed by atoms with van der Waals surface area (Å²) in [6, 6.07) is 3.94. The molecule has 20 heavy (non-hydrogen) atoms. The van der Waals surface area contributed by atoms with Crippen LogP contribution in [0.15, 0.2) is 12.1 Å². The van der Waals surface area contributed by atoms with Gasteiger partial charge in [-0.25, -0.2) is 4.98 Å². The van der Waals surface area contributed by atoms with E-state index in [-0.39, 0.29) is 0 Å². The molecule has 2 aromatic rings. The first-order valence-electron chi connectivity index (χ1n) is 7.06. The molecule has 1 heterocycles. The van der Waals surface area contributed by atoms with Gasteiger partial charge in [0.15, 0.2) is 11.5 Å². The number of hydrogen-bond acceptors (Lipinski definition) is 4. The van der Waals surface area contributed by atoms with E-state index in [0.29, 0.717) is 5.75 Å². The van der Waals surface area contributed by atoms with Gasteiger partial charge in [0.25, 0.3) is 0 Å². The molecule has 2 rings (SSSR count). The Labute approximate surface area is 119 Å². The Morgan fingerprint density at radius 1 is 1.15 bits per heavy atom. The summed E-state index contributed by atoms with van der Waals surface area (Å²) < 4.78 is 13.0. The van der Waals surface area contributed by atoms with E-state index in [1.807, 2.05) is 12.1 Å². The molecule has 0 aliphatic carbocycles. The standard InChI is InChI=1S/C15H23N3O2/c1-4-15-17-11-9-13(19-2)14(20-3)10-12(11)18(15)8-6-5-7-16/h9-10H,4-8,16H2,1-3H3. The van der Waals surface area contributed by atoms with Crippen molar-refractivity contribution in [3.63, 3.8) is 0 Å². The van der Waals surface area contributed by atoms with Gasteiger partial charge in [0.05, 0.1) is 25.3 Å². The van der Waals surface area contributed by atoms with E-state index in [4.69, 9.17) is 20.2 Å². The lowest BCUT2D eigenvalue weighted by molar-refractivity contribution is 0.355. The molecule has 2 N–H and O–H groups in total. The Morgan fingerprint density at radius 2 is 1.85 bits per heavy atom. The third-order valence-electron chi connectivity index (χ3n) is 3.48. The number of aromatic nitrogens is 2. The van der Waals surface area contributed by atoms with E-state index in [0.717, 1.165) is 55.0 Å².